The number of imidazole rings is 1. The molecule has 0 bridgehead atoms. The molecule has 0 spiro atoms. The van der Waals surface area contributed by atoms with Crippen molar-refractivity contribution in [1.82, 2.24) is 19.7 Å². The number of hydrogen-bond acceptors (Lipinski definition) is 4. The van der Waals surface area contributed by atoms with E-state index in [1.165, 1.54) is 4.68 Å². The van der Waals surface area contributed by atoms with Crippen molar-refractivity contribution in [2.45, 2.75) is 20.4 Å². The number of nitrogens with one attached hydrogen (secondary N) is 2. The highest BCUT2D eigenvalue weighted by Gasteiger charge is 2.17. The Morgan fingerprint density at radius 1 is 1.14 bits per heavy atom. The second kappa shape index (κ2) is 7.23. The van der Waals surface area contributed by atoms with Crippen LogP contribution in [0.1, 0.15) is 21.7 Å². The van der Waals surface area contributed by atoms with Crippen molar-refractivity contribution >= 4 is 28.6 Å². The van der Waals surface area contributed by atoms with Gasteiger partial charge in [0.15, 0.2) is 0 Å². The maximum absolute atomic E-state index is 12.8. The Kier molecular flexibility index (Phi) is 4.59. The van der Waals surface area contributed by atoms with Crippen LogP contribution in [0.25, 0.3) is 22.4 Å². The number of fused-ring (bicyclic) bond motifs is 1. The zero-order valence-corrected chi connectivity index (χ0v) is 15.9. The monoisotopic (exact) mass is 389 g/mol. The molecule has 0 aliphatic heterocycles. The number of rotatable bonds is 5. The third kappa shape index (κ3) is 3.60. The number of carbonyl (C=O) groups excluding carboxylic acids is 1. The second-order valence-corrected chi connectivity index (χ2v) is 6.73. The molecule has 29 heavy (non-hydrogen) atoms. The predicted octanol–water partition coefficient (Wildman–Crippen LogP) is 3.38. The Morgan fingerprint density at radius 3 is 2.69 bits per heavy atom. The molecule has 2 aromatic heterocycles. The van der Waals surface area contributed by atoms with Crippen LogP contribution in [0.5, 0.6) is 0 Å². The number of carboxylic acids is 1. The molecule has 0 unspecified atom stereocenters. The lowest BCUT2D eigenvalue weighted by molar-refractivity contribution is -0.137. The molecule has 8 heteroatoms. The molecule has 0 radical (unpaired) electrons. The van der Waals surface area contributed by atoms with Crippen LogP contribution in [0.2, 0.25) is 0 Å². The smallest absolute Gasteiger partial charge is 0.325 e. The van der Waals surface area contributed by atoms with Crippen LogP contribution in [0.15, 0.2) is 48.5 Å². The number of aromatic amines is 1. The summed E-state index contributed by atoms with van der Waals surface area (Å²) in [6.07, 6.45) is 0. The fourth-order valence-electron chi connectivity index (χ4n) is 3.24. The van der Waals surface area contributed by atoms with Gasteiger partial charge in [-0.3, -0.25) is 14.3 Å². The van der Waals surface area contributed by atoms with E-state index in [0.29, 0.717) is 28.5 Å². The van der Waals surface area contributed by atoms with Gasteiger partial charge in [-0.15, -0.1) is 0 Å². The maximum Gasteiger partial charge on any atom is 0.325 e. The molecule has 146 valence electrons. The predicted molar refractivity (Wildman–Crippen MR) is 109 cm³/mol. The van der Waals surface area contributed by atoms with Crippen molar-refractivity contribution in [2.24, 2.45) is 0 Å². The molecule has 1 amide bonds. The third-order valence-electron chi connectivity index (χ3n) is 4.69. The maximum atomic E-state index is 12.8. The minimum Gasteiger partial charge on any atom is -0.480 e. The zero-order valence-electron chi connectivity index (χ0n) is 15.9. The van der Waals surface area contributed by atoms with E-state index in [1.807, 2.05) is 30.3 Å². The van der Waals surface area contributed by atoms with E-state index in [1.54, 1.807) is 32.0 Å². The number of H-pyrrole nitrogens is 1. The second-order valence-electron chi connectivity index (χ2n) is 6.73. The number of aryl methyl sites for hydroxylation is 1. The summed E-state index contributed by atoms with van der Waals surface area (Å²) in [6, 6.07) is 14.9. The lowest BCUT2D eigenvalue weighted by atomic mass is 10.1. The molecule has 2 aromatic carbocycles. The van der Waals surface area contributed by atoms with E-state index in [9.17, 15) is 9.59 Å². The standard InChI is InChI=1S/C21H19N5O3/c1-12-19(13(2)26(25-12)11-18(27)28)24-21(29)15-7-5-6-14(10-15)20-22-16-8-3-4-9-17(16)23-20/h3-10H,11H2,1-2H3,(H,22,23)(H,24,29)(H,27,28). The number of carboxylic acid groups (broad SMARTS) is 1. The summed E-state index contributed by atoms with van der Waals surface area (Å²) < 4.78 is 1.36. The third-order valence-corrected chi connectivity index (χ3v) is 4.69. The van der Waals surface area contributed by atoms with Crippen LogP contribution in [0, 0.1) is 13.8 Å². The lowest BCUT2D eigenvalue weighted by Crippen LogP contribution is -2.14. The number of carbonyl (C=O) groups is 2. The molecule has 8 nitrogen and oxygen atoms in total. The number of benzene rings is 2. The molecule has 2 heterocycles. The summed E-state index contributed by atoms with van der Waals surface area (Å²) in [5, 5.41) is 16.0. The SMILES string of the molecule is Cc1nn(CC(=O)O)c(C)c1NC(=O)c1cccc(-c2nc3ccccc3[nH]2)c1. The first-order valence-electron chi connectivity index (χ1n) is 9.04. The van der Waals surface area contributed by atoms with Crippen molar-refractivity contribution in [3.8, 4) is 11.4 Å². The van der Waals surface area contributed by atoms with Crippen LogP contribution in [0.4, 0.5) is 5.69 Å². The average Bonchev–Trinajstić information content (AvgIpc) is 3.24. The van der Waals surface area contributed by atoms with Crippen LogP contribution >= 0.6 is 0 Å². The Balaban J connectivity index is 1.61. The van der Waals surface area contributed by atoms with Crippen molar-refractivity contribution in [1.29, 1.82) is 0 Å². The van der Waals surface area contributed by atoms with Crippen molar-refractivity contribution in [2.75, 3.05) is 5.32 Å². The molecule has 0 aliphatic carbocycles. The van der Waals surface area contributed by atoms with Gasteiger partial charge in [-0.05, 0) is 38.1 Å². The number of para-hydroxylation sites is 2. The van der Waals surface area contributed by atoms with E-state index in [4.69, 9.17) is 5.11 Å². The van der Waals surface area contributed by atoms with Gasteiger partial charge in [-0.25, -0.2) is 4.98 Å². The zero-order chi connectivity index (χ0) is 20.5. The van der Waals surface area contributed by atoms with Gasteiger partial charge in [0.1, 0.15) is 12.4 Å². The van der Waals surface area contributed by atoms with Gasteiger partial charge in [-0.1, -0.05) is 24.3 Å². The van der Waals surface area contributed by atoms with Gasteiger partial charge in [0, 0.05) is 11.1 Å². The van der Waals surface area contributed by atoms with Gasteiger partial charge in [0.25, 0.3) is 5.91 Å². The first-order valence-corrected chi connectivity index (χ1v) is 9.04. The van der Waals surface area contributed by atoms with Gasteiger partial charge in [0.05, 0.1) is 28.1 Å². The van der Waals surface area contributed by atoms with Crippen molar-refractivity contribution < 1.29 is 14.7 Å². The van der Waals surface area contributed by atoms with E-state index in [-0.39, 0.29) is 12.5 Å². The largest absolute Gasteiger partial charge is 0.480 e. The van der Waals surface area contributed by atoms with E-state index < -0.39 is 5.97 Å². The van der Waals surface area contributed by atoms with E-state index in [0.717, 1.165) is 16.6 Å². The minimum atomic E-state index is -0.994. The van der Waals surface area contributed by atoms with Crippen LogP contribution in [0.3, 0.4) is 0 Å². The number of aliphatic carboxylic acids is 1. The summed E-state index contributed by atoms with van der Waals surface area (Å²) in [7, 11) is 0. The fourth-order valence-corrected chi connectivity index (χ4v) is 3.24. The average molecular weight is 389 g/mol. The highest BCUT2D eigenvalue weighted by molar-refractivity contribution is 6.05. The van der Waals surface area contributed by atoms with Crippen LogP contribution in [-0.2, 0) is 11.3 Å². The molecule has 0 fully saturated rings. The Hall–Kier alpha value is -3.94. The van der Waals surface area contributed by atoms with Gasteiger partial charge in [0.2, 0.25) is 0 Å². The number of aromatic nitrogens is 4. The lowest BCUT2D eigenvalue weighted by Gasteiger charge is -2.07. The summed E-state index contributed by atoms with van der Waals surface area (Å²) in [5.41, 5.74) is 4.71. The quantitative estimate of drug-likeness (QED) is 0.484. The highest BCUT2D eigenvalue weighted by Crippen LogP contribution is 2.23. The molecule has 0 saturated carbocycles. The summed E-state index contributed by atoms with van der Waals surface area (Å²) in [5.74, 6) is -0.612. The topological polar surface area (TPSA) is 113 Å². The molecule has 4 aromatic rings. The fraction of sp³-hybridized carbons (Fsp3) is 0.143. The first kappa shape index (κ1) is 18.4. The molecule has 0 aliphatic rings. The molecular formula is C21H19N5O3. The number of hydrogen-bond donors (Lipinski definition) is 3. The summed E-state index contributed by atoms with van der Waals surface area (Å²) >= 11 is 0. The normalized spacial score (nSPS) is 11.0. The highest BCUT2D eigenvalue weighted by atomic mass is 16.4. The van der Waals surface area contributed by atoms with E-state index >= 15 is 0 Å². The molecule has 4 rings (SSSR count). The summed E-state index contributed by atoms with van der Waals surface area (Å²) in [4.78, 5) is 31.6. The van der Waals surface area contributed by atoms with Crippen LogP contribution in [-0.4, -0.2) is 36.7 Å². The van der Waals surface area contributed by atoms with Crippen LogP contribution < -0.4 is 5.32 Å². The molecule has 0 saturated heterocycles. The molecule has 0 atom stereocenters. The Labute approximate surface area is 166 Å². The Bertz CT molecular complexity index is 1210. The molecule has 3 N–H and O–H groups in total. The van der Waals surface area contributed by atoms with Crippen molar-refractivity contribution in [3.63, 3.8) is 0 Å². The Morgan fingerprint density at radius 2 is 1.93 bits per heavy atom. The molecular weight excluding hydrogens is 370 g/mol. The van der Waals surface area contributed by atoms with Gasteiger partial charge >= 0.3 is 5.97 Å². The number of nitrogens with zero attached hydrogens (tertiary/aromatic N) is 3. The first-order chi connectivity index (χ1) is 13.9. The van der Waals surface area contributed by atoms with Crippen molar-refractivity contribution in [3.05, 3.63) is 65.5 Å². The number of amides is 1. The summed E-state index contributed by atoms with van der Waals surface area (Å²) in [6.45, 7) is 3.19. The van der Waals surface area contributed by atoms with Gasteiger partial charge in [-0.2, -0.15) is 5.10 Å². The van der Waals surface area contributed by atoms with E-state index in [2.05, 4.69) is 20.4 Å². The van der Waals surface area contributed by atoms with Gasteiger partial charge < -0.3 is 15.4 Å². The number of anilines is 1. The minimum absolute atomic E-state index is 0.260.